The van der Waals surface area contributed by atoms with E-state index in [2.05, 4.69) is 12.2 Å². The Hall–Kier alpha value is -2.66. The number of nitrogens with one attached hydrogen (secondary N) is 1. The van der Waals surface area contributed by atoms with E-state index in [-0.39, 0.29) is 17.9 Å². The van der Waals surface area contributed by atoms with Crippen molar-refractivity contribution in [2.24, 2.45) is 0 Å². The number of hydrogen-bond donors (Lipinski definition) is 1. The average Bonchev–Trinajstić information content (AvgIpc) is 2.73. The minimum atomic E-state index is -0.00802. The van der Waals surface area contributed by atoms with Crippen molar-refractivity contribution < 1.29 is 14.3 Å². The average molecular weight is 366 g/mol. The molecule has 27 heavy (non-hydrogen) atoms. The third-order valence-electron chi connectivity index (χ3n) is 5.00. The van der Waals surface area contributed by atoms with Gasteiger partial charge in [-0.1, -0.05) is 43.3 Å². The highest BCUT2D eigenvalue weighted by atomic mass is 16.5. The Morgan fingerprint density at radius 1 is 1.15 bits per heavy atom. The summed E-state index contributed by atoms with van der Waals surface area (Å²) in [5.41, 5.74) is 3.68. The molecule has 2 aromatic rings. The first kappa shape index (κ1) is 19.1. The summed E-state index contributed by atoms with van der Waals surface area (Å²) in [7, 11) is 1.64. The van der Waals surface area contributed by atoms with Gasteiger partial charge in [-0.25, -0.2) is 0 Å². The van der Waals surface area contributed by atoms with Gasteiger partial charge in [-0.2, -0.15) is 0 Å². The van der Waals surface area contributed by atoms with Crippen molar-refractivity contribution >= 4 is 11.8 Å². The fourth-order valence-electron chi connectivity index (χ4n) is 3.35. The lowest BCUT2D eigenvalue weighted by Crippen LogP contribution is -2.48. The van der Waals surface area contributed by atoms with Crippen LogP contribution in [0.2, 0.25) is 0 Å². The van der Waals surface area contributed by atoms with Crippen LogP contribution in [-0.2, 0) is 16.0 Å². The number of carbonyl (C=O) groups excluding carboxylic acids is 2. The predicted molar refractivity (Wildman–Crippen MR) is 106 cm³/mol. The second-order valence-electron chi connectivity index (χ2n) is 6.76. The van der Waals surface area contributed by atoms with Gasteiger partial charge in [0.1, 0.15) is 0 Å². The number of nitrogens with zero attached hydrogens (tertiary/aromatic N) is 1. The number of ether oxygens (including phenoxy) is 1. The van der Waals surface area contributed by atoms with Crippen LogP contribution < -0.4 is 5.32 Å². The van der Waals surface area contributed by atoms with Gasteiger partial charge in [-0.05, 0) is 35.2 Å². The molecule has 1 N–H and O–H groups in total. The quantitative estimate of drug-likeness (QED) is 0.885. The summed E-state index contributed by atoms with van der Waals surface area (Å²) in [5, 5.41) is 2.63. The molecule has 1 heterocycles. The van der Waals surface area contributed by atoms with E-state index in [9.17, 15) is 9.59 Å². The molecule has 0 saturated carbocycles. The number of morpholine rings is 1. The lowest BCUT2D eigenvalue weighted by Gasteiger charge is -2.35. The van der Waals surface area contributed by atoms with Crippen molar-refractivity contribution in [3.63, 3.8) is 0 Å². The molecular weight excluding hydrogens is 340 g/mol. The Balaban J connectivity index is 1.79. The van der Waals surface area contributed by atoms with E-state index >= 15 is 0 Å². The zero-order valence-corrected chi connectivity index (χ0v) is 15.9. The molecule has 5 nitrogen and oxygen atoms in total. The van der Waals surface area contributed by atoms with Crippen LogP contribution in [0, 0.1) is 0 Å². The molecular formula is C22H26N2O3. The number of carbonyl (C=O) groups is 2. The van der Waals surface area contributed by atoms with Crippen LogP contribution in [0.1, 0.15) is 29.3 Å². The van der Waals surface area contributed by atoms with Crippen LogP contribution >= 0.6 is 0 Å². The first-order chi connectivity index (χ1) is 13.1. The number of amides is 2. The Labute approximate surface area is 160 Å². The van der Waals surface area contributed by atoms with E-state index in [1.54, 1.807) is 7.05 Å². The third kappa shape index (κ3) is 4.55. The van der Waals surface area contributed by atoms with E-state index < -0.39 is 0 Å². The molecule has 0 bridgehead atoms. The first-order valence-corrected chi connectivity index (χ1v) is 9.41. The number of rotatable bonds is 5. The van der Waals surface area contributed by atoms with Crippen molar-refractivity contribution in [3.8, 4) is 11.1 Å². The minimum Gasteiger partial charge on any atom is -0.377 e. The number of benzene rings is 2. The third-order valence-corrected chi connectivity index (χ3v) is 5.00. The zero-order valence-electron chi connectivity index (χ0n) is 15.9. The van der Waals surface area contributed by atoms with Crippen molar-refractivity contribution in [2.75, 3.05) is 26.8 Å². The van der Waals surface area contributed by atoms with Gasteiger partial charge in [0.2, 0.25) is 5.91 Å². The molecule has 2 amide bonds. The molecule has 3 rings (SSSR count). The second kappa shape index (κ2) is 8.82. The van der Waals surface area contributed by atoms with Crippen LogP contribution in [0.3, 0.4) is 0 Å². The molecule has 0 aromatic heterocycles. The van der Waals surface area contributed by atoms with Gasteiger partial charge in [0.05, 0.1) is 25.7 Å². The molecule has 0 spiro atoms. The van der Waals surface area contributed by atoms with E-state index in [0.29, 0.717) is 31.7 Å². The van der Waals surface area contributed by atoms with Crippen molar-refractivity contribution in [1.82, 2.24) is 10.2 Å². The molecule has 2 aromatic carbocycles. The Bertz CT molecular complexity index is 801. The van der Waals surface area contributed by atoms with Crippen LogP contribution in [0.5, 0.6) is 0 Å². The van der Waals surface area contributed by atoms with Crippen LogP contribution in [-0.4, -0.2) is 49.6 Å². The molecule has 0 radical (unpaired) electrons. The lowest BCUT2D eigenvalue weighted by atomic mass is 10.00. The summed E-state index contributed by atoms with van der Waals surface area (Å²) in [6.07, 6.45) is 1.25. The lowest BCUT2D eigenvalue weighted by molar-refractivity contribution is -0.119. The molecule has 142 valence electrons. The summed E-state index contributed by atoms with van der Waals surface area (Å²) in [6.45, 7) is 3.91. The molecule has 1 fully saturated rings. The van der Waals surface area contributed by atoms with Crippen molar-refractivity contribution in [3.05, 3.63) is 59.7 Å². The topological polar surface area (TPSA) is 58.6 Å². The van der Waals surface area contributed by atoms with E-state index in [4.69, 9.17) is 4.74 Å². The fraction of sp³-hybridized carbons (Fsp3) is 0.364. The molecule has 1 saturated heterocycles. The van der Waals surface area contributed by atoms with Gasteiger partial charge >= 0.3 is 0 Å². The van der Waals surface area contributed by atoms with Gasteiger partial charge in [0.15, 0.2) is 0 Å². The van der Waals surface area contributed by atoms with Gasteiger partial charge < -0.3 is 15.0 Å². The highest BCUT2D eigenvalue weighted by Crippen LogP contribution is 2.23. The largest absolute Gasteiger partial charge is 0.377 e. The summed E-state index contributed by atoms with van der Waals surface area (Å²) in [5.74, 6) is 0.0505. The van der Waals surface area contributed by atoms with E-state index in [0.717, 1.165) is 23.1 Å². The maximum Gasteiger partial charge on any atom is 0.254 e. The number of hydrogen-bond acceptors (Lipinski definition) is 3. The van der Waals surface area contributed by atoms with Gasteiger partial charge in [0.25, 0.3) is 5.91 Å². The normalized spacial score (nSPS) is 16.8. The molecule has 0 aliphatic carbocycles. The summed E-state index contributed by atoms with van der Waals surface area (Å²) in [4.78, 5) is 26.4. The first-order valence-electron chi connectivity index (χ1n) is 9.41. The highest BCUT2D eigenvalue weighted by molar-refractivity contribution is 5.95. The Morgan fingerprint density at radius 3 is 2.63 bits per heavy atom. The monoisotopic (exact) mass is 366 g/mol. The van der Waals surface area contributed by atoms with Gasteiger partial charge in [-0.3, -0.25) is 9.59 Å². The molecule has 1 aliphatic rings. The van der Waals surface area contributed by atoms with Crippen molar-refractivity contribution in [2.45, 2.75) is 25.8 Å². The molecule has 1 aliphatic heterocycles. The van der Waals surface area contributed by atoms with Crippen LogP contribution in [0.25, 0.3) is 11.1 Å². The Kier molecular flexibility index (Phi) is 6.24. The number of likely N-dealkylation sites (N-methyl/N-ethyl adjacent to an activating group) is 1. The Morgan fingerprint density at radius 2 is 1.93 bits per heavy atom. The molecule has 0 unspecified atom stereocenters. The fourth-order valence-corrected chi connectivity index (χ4v) is 3.35. The van der Waals surface area contributed by atoms with Crippen LogP contribution in [0.4, 0.5) is 0 Å². The van der Waals surface area contributed by atoms with E-state index in [1.165, 1.54) is 0 Å². The summed E-state index contributed by atoms with van der Waals surface area (Å²) < 4.78 is 5.51. The maximum absolute atomic E-state index is 13.0. The van der Waals surface area contributed by atoms with Gasteiger partial charge in [-0.15, -0.1) is 0 Å². The predicted octanol–water partition coefficient (Wildman–Crippen LogP) is 2.89. The molecule has 1 atom stereocenters. The van der Waals surface area contributed by atoms with Crippen molar-refractivity contribution in [1.29, 1.82) is 0 Å². The maximum atomic E-state index is 13.0. The SMILES string of the molecule is CC[C@H]1COCCN1C(=O)c1cccc(-c2ccc(CC(=O)NC)cc2)c1. The van der Waals surface area contributed by atoms with Gasteiger partial charge in [0, 0.05) is 19.2 Å². The summed E-state index contributed by atoms with van der Waals surface area (Å²) >= 11 is 0. The highest BCUT2D eigenvalue weighted by Gasteiger charge is 2.26. The van der Waals surface area contributed by atoms with E-state index in [1.807, 2.05) is 53.4 Å². The molecule has 5 heteroatoms. The standard InChI is InChI=1S/C22H26N2O3/c1-3-20-15-27-12-11-24(20)22(26)19-6-4-5-18(14-19)17-9-7-16(8-10-17)13-21(25)23-2/h4-10,14,20H,3,11-13,15H2,1-2H3,(H,23,25)/t20-/m0/s1. The zero-order chi connectivity index (χ0) is 19.2. The smallest absolute Gasteiger partial charge is 0.254 e. The van der Waals surface area contributed by atoms with Crippen LogP contribution in [0.15, 0.2) is 48.5 Å². The second-order valence-corrected chi connectivity index (χ2v) is 6.76. The minimum absolute atomic E-state index is 0.00802. The summed E-state index contributed by atoms with van der Waals surface area (Å²) in [6, 6.07) is 15.8.